The molecule has 0 bridgehead atoms. The summed E-state index contributed by atoms with van der Waals surface area (Å²) in [6.45, 7) is 0. The summed E-state index contributed by atoms with van der Waals surface area (Å²) in [5, 5.41) is 19.8. The fourth-order valence-corrected chi connectivity index (χ4v) is 3.81. The van der Waals surface area contributed by atoms with Crippen molar-refractivity contribution in [1.82, 2.24) is 15.2 Å². The van der Waals surface area contributed by atoms with Crippen LogP contribution in [0, 0.1) is 11.8 Å². The van der Waals surface area contributed by atoms with E-state index in [0.717, 1.165) is 18.8 Å². The lowest BCUT2D eigenvalue weighted by atomic mass is 9.84. The molecule has 0 aromatic carbocycles. The maximum atomic E-state index is 11.3. The van der Waals surface area contributed by atoms with Gasteiger partial charge in [0, 0.05) is 18.3 Å². The number of hydrogen-bond donors (Lipinski definition) is 2. The van der Waals surface area contributed by atoms with Crippen molar-refractivity contribution < 1.29 is 19.9 Å². The van der Waals surface area contributed by atoms with Crippen LogP contribution in [0.4, 0.5) is 0 Å². The number of aromatic nitrogens is 2. The lowest BCUT2D eigenvalue weighted by molar-refractivity contribution is -0.299. The molecule has 26 heavy (non-hydrogen) atoms. The summed E-state index contributed by atoms with van der Waals surface area (Å²) in [4.78, 5) is 29.1. The first-order valence-electron chi connectivity index (χ1n) is 9.36. The largest absolute Gasteiger partial charge is 0.481 e. The molecule has 2 heterocycles. The van der Waals surface area contributed by atoms with Crippen molar-refractivity contribution >= 4 is 11.8 Å². The second kappa shape index (κ2) is 9.05. The molecule has 0 saturated heterocycles. The Bertz CT molecular complexity index is 619. The van der Waals surface area contributed by atoms with E-state index in [1.165, 1.54) is 32.1 Å². The maximum absolute atomic E-state index is 11.3. The highest BCUT2D eigenvalue weighted by molar-refractivity contribution is 5.94. The van der Waals surface area contributed by atoms with Gasteiger partial charge in [-0.05, 0) is 18.4 Å². The Kier molecular flexibility index (Phi) is 6.51. The minimum absolute atomic E-state index is 0.0460. The average molecular weight is 362 g/mol. The summed E-state index contributed by atoms with van der Waals surface area (Å²) < 4.78 is 0. The van der Waals surface area contributed by atoms with Crippen LogP contribution in [0.3, 0.4) is 0 Å². The van der Waals surface area contributed by atoms with Gasteiger partial charge in [0.2, 0.25) is 5.84 Å². The van der Waals surface area contributed by atoms with Crippen molar-refractivity contribution in [2.24, 2.45) is 16.8 Å². The van der Waals surface area contributed by atoms with E-state index >= 15 is 0 Å². The van der Waals surface area contributed by atoms with Crippen molar-refractivity contribution in [3.8, 4) is 0 Å². The zero-order chi connectivity index (χ0) is 18.4. The Labute approximate surface area is 152 Å². The molecule has 2 aliphatic rings. The monoisotopic (exact) mass is 362 g/mol. The molecular formula is C18H26N4O4. The van der Waals surface area contributed by atoms with Gasteiger partial charge >= 0.3 is 5.97 Å². The number of carbonyl (C=O) groups is 1. The van der Waals surface area contributed by atoms with Crippen LogP contribution < -0.4 is 0 Å². The van der Waals surface area contributed by atoms with Crippen LogP contribution in [-0.4, -0.2) is 43.5 Å². The first-order chi connectivity index (χ1) is 12.6. The minimum atomic E-state index is -0.889. The van der Waals surface area contributed by atoms with E-state index in [2.05, 4.69) is 15.0 Å². The number of nitrogens with zero attached hydrogens (tertiary/aromatic N) is 4. The lowest BCUT2D eigenvalue weighted by Crippen LogP contribution is -2.28. The van der Waals surface area contributed by atoms with E-state index in [9.17, 15) is 15.1 Å². The van der Waals surface area contributed by atoms with E-state index < -0.39 is 12.2 Å². The van der Waals surface area contributed by atoms with Crippen LogP contribution in [0.2, 0.25) is 0 Å². The van der Waals surface area contributed by atoms with E-state index in [4.69, 9.17) is 4.84 Å². The highest BCUT2D eigenvalue weighted by Crippen LogP contribution is 2.31. The van der Waals surface area contributed by atoms with Crippen LogP contribution in [0.5, 0.6) is 0 Å². The highest BCUT2D eigenvalue weighted by Gasteiger charge is 2.35. The Morgan fingerprint density at radius 2 is 2.00 bits per heavy atom. The predicted octanol–water partition coefficient (Wildman–Crippen LogP) is 3.03. The van der Waals surface area contributed by atoms with Crippen LogP contribution in [0.1, 0.15) is 63.6 Å². The molecule has 8 heteroatoms. The molecule has 142 valence electrons. The van der Waals surface area contributed by atoms with E-state index in [1.54, 1.807) is 18.5 Å². The van der Waals surface area contributed by atoms with Crippen molar-refractivity contribution in [1.29, 1.82) is 0 Å². The van der Waals surface area contributed by atoms with Gasteiger partial charge in [-0.2, -0.15) is 0 Å². The predicted molar refractivity (Wildman–Crippen MR) is 93.2 cm³/mol. The summed E-state index contributed by atoms with van der Waals surface area (Å²) in [5.41, 5.74) is 0. The summed E-state index contributed by atoms with van der Waals surface area (Å²) >= 11 is 0. The van der Waals surface area contributed by atoms with Gasteiger partial charge in [0.15, 0.2) is 12.1 Å². The zero-order valence-electron chi connectivity index (χ0n) is 14.8. The van der Waals surface area contributed by atoms with E-state index in [0.29, 0.717) is 11.6 Å². The van der Waals surface area contributed by atoms with Crippen molar-refractivity contribution in [2.45, 2.75) is 64.0 Å². The first-order valence-corrected chi connectivity index (χ1v) is 9.36. The average Bonchev–Trinajstić information content (AvgIpc) is 3.04. The summed E-state index contributed by atoms with van der Waals surface area (Å²) in [7, 11) is 0. The molecule has 1 aliphatic carbocycles. The van der Waals surface area contributed by atoms with E-state index in [1.807, 2.05) is 0 Å². The molecule has 1 aromatic rings. The smallest absolute Gasteiger partial charge is 0.303 e. The van der Waals surface area contributed by atoms with Gasteiger partial charge in [-0.15, -0.1) is 5.23 Å². The fourth-order valence-electron chi connectivity index (χ4n) is 3.81. The quantitative estimate of drug-likeness (QED) is 0.731. The Hall–Kier alpha value is -2.06. The van der Waals surface area contributed by atoms with Crippen LogP contribution in [-0.2, 0) is 9.63 Å². The number of hydrogen-bond acceptors (Lipinski definition) is 7. The first kappa shape index (κ1) is 18.7. The molecule has 1 aromatic heterocycles. The fraction of sp³-hybridized carbons (Fsp3) is 0.667. The van der Waals surface area contributed by atoms with Gasteiger partial charge in [-0.25, -0.2) is 19.8 Å². The Morgan fingerprint density at radius 1 is 1.27 bits per heavy atom. The Morgan fingerprint density at radius 3 is 2.69 bits per heavy atom. The highest BCUT2D eigenvalue weighted by atomic mass is 16.9. The zero-order valence-corrected chi connectivity index (χ0v) is 14.8. The molecule has 0 spiro atoms. The van der Waals surface area contributed by atoms with Gasteiger partial charge in [0.1, 0.15) is 0 Å². The number of carboxylic acid groups (broad SMARTS) is 1. The van der Waals surface area contributed by atoms with Crippen LogP contribution in [0.15, 0.2) is 23.5 Å². The number of hydroxylamine groups is 2. The molecule has 1 aliphatic heterocycles. The number of amidine groups is 1. The second-order valence-corrected chi connectivity index (χ2v) is 7.09. The maximum Gasteiger partial charge on any atom is 0.303 e. The van der Waals surface area contributed by atoms with Crippen molar-refractivity contribution in [2.75, 3.05) is 0 Å². The SMILES string of the molecule is O=C(O)C[C@@H](CCCC1CCCCC1)C1N=C(c2ncccn2)N(O)O1. The van der Waals surface area contributed by atoms with Gasteiger partial charge in [-0.1, -0.05) is 44.9 Å². The molecule has 2 N–H and O–H groups in total. The molecule has 2 atom stereocenters. The number of rotatable bonds is 8. The molecule has 0 radical (unpaired) electrons. The molecule has 8 nitrogen and oxygen atoms in total. The van der Waals surface area contributed by atoms with Gasteiger partial charge in [0.05, 0.1) is 6.42 Å². The lowest BCUT2D eigenvalue weighted by Gasteiger charge is -2.23. The molecular weight excluding hydrogens is 336 g/mol. The third-order valence-corrected chi connectivity index (χ3v) is 5.16. The van der Waals surface area contributed by atoms with Crippen molar-refractivity contribution in [3.63, 3.8) is 0 Å². The molecule has 1 saturated carbocycles. The minimum Gasteiger partial charge on any atom is -0.481 e. The standard InChI is InChI=1S/C18H26N4O4/c23-15(24)12-14(9-4-8-13-6-2-1-3-7-13)18-21-17(22(25)26-18)16-19-10-5-11-20-16/h5,10-11,13-14,18,25H,1-4,6-9,12H2,(H,23,24)/t14-,18?/m1/s1. The molecule has 3 rings (SSSR count). The topological polar surface area (TPSA) is 108 Å². The number of carboxylic acids is 1. The van der Waals surface area contributed by atoms with Gasteiger partial charge < -0.3 is 5.11 Å². The van der Waals surface area contributed by atoms with Gasteiger partial charge in [0.25, 0.3) is 0 Å². The summed E-state index contributed by atoms with van der Waals surface area (Å²) in [5.74, 6) is -0.0794. The summed E-state index contributed by atoms with van der Waals surface area (Å²) in [6.07, 6.45) is 11.6. The van der Waals surface area contributed by atoms with Crippen LogP contribution in [0.25, 0.3) is 0 Å². The summed E-state index contributed by atoms with van der Waals surface area (Å²) in [6, 6.07) is 1.66. The van der Waals surface area contributed by atoms with E-state index in [-0.39, 0.29) is 24.0 Å². The molecule has 1 fully saturated rings. The molecule has 0 amide bonds. The second-order valence-electron chi connectivity index (χ2n) is 7.09. The third kappa shape index (κ3) is 4.98. The Balaban J connectivity index is 1.61. The normalized spacial score (nSPS) is 22.3. The van der Waals surface area contributed by atoms with Gasteiger partial charge in [-0.3, -0.25) is 10.0 Å². The number of aliphatic carboxylic acids is 1. The van der Waals surface area contributed by atoms with Crippen molar-refractivity contribution in [3.05, 3.63) is 24.3 Å². The third-order valence-electron chi connectivity index (χ3n) is 5.16. The van der Waals surface area contributed by atoms with Crippen LogP contribution >= 0.6 is 0 Å². The number of aliphatic imine (C=N–C) groups is 1. The molecule has 1 unspecified atom stereocenters.